The maximum absolute atomic E-state index is 12.7. The van der Waals surface area contributed by atoms with Crippen LogP contribution in [0.4, 0.5) is 0 Å². The van der Waals surface area contributed by atoms with Gasteiger partial charge in [-0.25, -0.2) is 0 Å². The molecule has 0 aromatic heterocycles. The van der Waals surface area contributed by atoms with Crippen molar-refractivity contribution < 1.29 is 4.79 Å². The van der Waals surface area contributed by atoms with Crippen LogP contribution >= 0.6 is 0 Å². The summed E-state index contributed by atoms with van der Waals surface area (Å²) < 4.78 is 0. The second-order valence-corrected chi connectivity index (χ2v) is 6.42. The molecule has 18 heavy (non-hydrogen) atoms. The van der Waals surface area contributed by atoms with Crippen LogP contribution in [0.2, 0.25) is 0 Å². The Bertz CT molecular complexity index is 317. The second-order valence-electron chi connectivity index (χ2n) is 6.42. The fourth-order valence-electron chi connectivity index (χ4n) is 2.38. The van der Waals surface area contributed by atoms with Crippen LogP contribution in [0.15, 0.2) is 12.3 Å². The molecule has 0 aliphatic carbocycles. The summed E-state index contributed by atoms with van der Waals surface area (Å²) in [6.07, 6.45) is 3.10. The molecule has 104 valence electrons. The Morgan fingerprint density at radius 1 is 1.50 bits per heavy atom. The third-order valence-electron chi connectivity index (χ3n) is 3.72. The van der Waals surface area contributed by atoms with E-state index in [1.54, 1.807) is 0 Å². The number of nitrogens with zero attached hydrogens (tertiary/aromatic N) is 1. The first kappa shape index (κ1) is 15.1. The molecule has 1 N–H and O–H groups in total. The van der Waals surface area contributed by atoms with Crippen molar-refractivity contribution in [3.63, 3.8) is 0 Å². The summed E-state index contributed by atoms with van der Waals surface area (Å²) in [7, 11) is 0. The van der Waals surface area contributed by atoms with Crippen molar-refractivity contribution in [1.29, 1.82) is 0 Å². The Kier molecular flexibility index (Phi) is 4.83. The minimum Gasteiger partial charge on any atom is -0.377 e. The van der Waals surface area contributed by atoms with Gasteiger partial charge in [0.1, 0.15) is 6.04 Å². The lowest BCUT2D eigenvalue weighted by Gasteiger charge is -2.36. The van der Waals surface area contributed by atoms with E-state index < -0.39 is 0 Å². The number of rotatable bonds is 4. The monoisotopic (exact) mass is 252 g/mol. The van der Waals surface area contributed by atoms with Crippen molar-refractivity contribution in [1.82, 2.24) is 10.2 Å². The minimum absolute atomic E-state index is 0.0997. The number of likely N-dealkylation sites (tertiary alicyclic amines) is 1. The standard InChI is InChI=1S/C15H28N2O/c1-7-11(2)16-13(15(4,5)6)14(18)17-10-8-9-12(17)3/h12-13,16H,2,7-10H2,1,3-6H3. The Labute approximate surface area is 112 Å². The molecule has 1 heterocycles. The van der Waals surface area contributed by atoms with Gasteiger partial charge >= 0.3 is 0 Å². The number of allylic oxidation sites excluding steroid dienone is 1. The van der Waals surface area contributed by atoms with E-state index in [4.69, 9.17) is 0 Å². The summed E-state index contributed by atoms with van der Waals surface area (Å²) in [5.74, 6) is 0.224. The molecule has 1 saturated heterocycles. The molecule has 2 unspecified atom stereocenters. The molecule has 0 aromatic rings. The molecule has 0 spiro atoms. The molecule has 3 nitrogen and oxygen atoms in total. The van der Waals surface area contributed by atoms with E-state index in [0.29, 0.717) is 6.04 Å². The first-order valence-corrected chi connectivity index (χ1v) is 7.02. The van der Waals surface area contributed by atoms with Gasteiger partial charge in [0.2, 0.25) is 5.91 Å². The predicted octanol–water partition coefficient (Wildman–Crippen LogP) is 2.93. The number of carbonyl (C=O) groups is 1. The fourth-order valence-corrected chi connectivity index (χ4v) is 2.38. The van der Waals surface area contributed by atoms with Crippen LogP contribution in [-0.2, 0) is 4.79 Å². The van der Waals surface area contributed by atoms with Gasteiger partial charge in [0, 0.05) is 18.3 Å². The van der Waals surface area contributed by atoms with E-state index in [9.17, 15) is 4.79 Å². The quantitative estimate of drug-likeness (QED) is 0.834. The SMILES string of the molecule is C=C(CC)NC(C(=O)N1CCCC1C)C(C)(C)C. The zero-order valence-corrected chi connectivity index (χ0v) is 12.5. The Morgan fingerprint density at radius 2 is 2.11 bits per heavy atom. The van der Waals surface area contributed by atoms with Crippen LogP contribution in [0.3, 0.4) is 0 Å². The molecule has 1 aliphatic heterocycles. The fraction of sp³-hybridized carbons (Fsp3) is 0.800. The Balaban J connectivity index is 2.82. The number of nitrogens with one attached hydrogen (secondary N) is 1. The van der Waals surface area contributed by atoms with Crippen molar-refractivity contribution in [2.24, 2.45) is 5.41 Å². The normalized spacial score (nSPS) is 21.8. The van der Waals surface area contributed by atoms with Crippen molar-refractivity contribution in [2.75, 3.05) is 6.54 Å². The highest BCUT2D eigenvalue weighted by atomic mass is 16.2. The van der Waals surface area contributed by atoms with Crippen molar-refractivity contribution in [3.8, 4) is 0 Å². The largest absolute Gasteiger partial charge is 0.377 e. The molecule has 1 aliphatic rings. The minimum atomic E-state index is -0.175. The van der Waals surface area contributed by atoms with Gasteiger partial charge in [-0.1, -0.05) is 34.3 Å². The van der Waals surface area contributed by atoms with E-state index in [1.165, 1.54) is 0 Å². The van der Waals surface area contributed by atoms with Gasteiger partial charge in [0.05, 0.1) is 0 Å². The zero-order chi connectivity index (χ0) is 13.9. The van der Waals surface area contributed by atoms with Gasteiger partial charge in [-0.3, -0.25) is 4.79 Å². The molecule has 1 fully saturated rings. The first-order chi connectivity index (χ1) is 8.27. The van der Waals surface area contributed by atoms with Crippen LogP contribution < -0.4 is 5.32 Å². The average molecular weight is 252 g/mol. The van der Waals surface area contributed by atoms with Gasteiger partial charge in [0.25, 0.3) is 0 Å². The van der Waals surface area contributed by atoms with E-state index in [-0.39, 0.29) is 17.4 Å². The molecule has 0 bridgehead atoms. The maximum Gasteiger partial charge on any atom is 0.245 e. The molecule has 1 rings (SSSR count). The molecule has 0 radical (unpaired) electrons. The summed E-state index contributed by atoms with van der Waals surface area (Å²) in [6, 6.07) is 0.199. The number of carbonyl (C=O) groups excluding carboxylic acids is 1. The summed E-state index contributed by atoms with van der Waals surface area (Å²) in [4.78, 5) is 14.7. The first-order valence-electron chi connectivity index (χ1n) is 7.02. The third-order valence-corrected chi connectivity index (χ3v) is 3.72. The molecule has 0 saturated carbocycles. The highest BCUT2D eigenvalue weighted by Crippen LogP contribution is 2.26. The summed E-state index contributed by atoms with van der Waals surface area (Å²) in [5.41, 5.74) is 0.840. The van der Waals surface area contributed by atoms with Gasteiger partial charge in [-0.05, 0) is 31.6 Å². The highest BCUT2D eigenvalue weighted by Gasteiger charge is 2.37. The van der Waals surface area contributed by atoms with E-state index in [0.717, 1.165) is 31.5 Å². The van der Waals surface area contributed by atoms with Crippen molar-refractivity contribution in [2.45, 2.75) is 66.0 Å². The maximum atomic E-state index is 12.7. The number of hydrogen-bond donors (Lipinski definition) is 1. The lowest BCUT2D eigenvalue weighted by atomic mass is 9.85. The van der Waals surface area contributed by atoms with Gasteiger partial charge < -0.3 is 10.2 Å². The molecular weight excluding hydrogens is 224 g/mol. The summed E-state index contributed by atoms with van der Waals surface area (Å²) >= 11 is 0. The second kappa shape index (κ2) is 5.77. The lowest BCUT2D eigenvalue weighted by Crippen LogP contribution is -2.53. The summed E-state index contributed by atoms with van der Waals surface area (Å²) in [5, 5.41) is 3.32. The smallest absolute Gasteiger partial charge is 0.245 e. The molecule has 3 heteroatoms. The topological polar surface area (TPSA) is 32.3 Å². The third kappa shape index (κ3) is 3.50. The van der Waals surface area contributed by atoms with Crippen LogP contribution in [0.25, 0.3) is 0 Å². The van der Waals surface area contributed by atoms with Crippen LogP contribution in [-0.4, -0.2) is 29.4 Å². The zero-order valence-electron chi connectivity index (χ0n) is 12.5. The number of hydrogen-bond acceptors (Lipinski definition) is 2. The van der Waals surface area contributed by atoms with Gasteiger partial charge in [0.15, 0.2) is 0 Å². The summed E-state index contributed by atoms with van der Waals surface area (Å²) in [6.45, 7) is 15.4. The predicted molar refractivity (Wildman–Crippen MR) is 76.2 cm³/mol. The molecule has 2 atom stereocenters. The molecule has 1 amide bonds. The van der Waals surface area contributed by atoms with Crippen LogP contribution in [0, 0.1) is 5.41 Å². The van der Waals surface area contributed by atoms with Gasteiger partial charge in [-0.2, -0.15) is 0 Å². The molecule has 0 aromatic carbocycles. The van der Waals surface area contributed by atoms with Crippen molar-refractivity contribution in [3.05, 3.63) is 12.3 Å². The van der Waals surface area contributed by atoms with Crippen molar-refractivity contribution >= 4 is 5.91 Å². The van der Waals surface area contributed by atoms with Crippen LogP contribution in [0.5, 0.6) is 0 Å². The van der Waals surface area contributed by atoms with E-state index >= 15 is 0 Å². The van der Waals surface area contributed by atoms with E-state index in [2.05, 4.69) is 46.5 Å². The van der Waals surface area contributed by atoms with E-state index in [1.807, 2.05) is 4.90 Å². The number of amides is 1. The highest BCUT2D eigenvalue weighted by molar-refractivity contribution is 5.83. The average Bonchev–Trinajstić information content (AvgIpc) is 2.69. The Hall–Kier alpha value is -0.990. The molecular formula is C15H28N2O. The Morgan fingerprint density at radius 3 is 2.50 bits per heavy atom. The van der Waals surface area contributed by atoms with Gasteiger partial charge in [-0.15, -0.1) is 0 Å². The lowest BCUT2D eigenvalue weighted by molar-refractivity contribution is -0.136. The van der Waals surface area contributed by atoms with Crippen LogP contribution in [0.1, 0.15) is 53.9 Å².